The van der Waals surface area contributed by atoms with Gasteiger partial charge in [0.25, 0.3) is 0 Å². The highest BCUT2D eigenvalue weighted by Crippen LogP contribution is 2.24. The molecule has 2 bridgehead atoms. The van der Waals surface area contributed by atoms with E-state index in [9.17, 15) is 0 Å². The van der Waals surface area contributed by atoms with Gasteiger partial charge in [-0.05, 0) is 19.3 Å². The maximum atomic E-state index is 5.37. The number of unbranched alkanes of at least 4 members (excludes halogenated alkanes) is 5. The first-order valence-electron chi connectivity index (χ1n) is 12.9. The van der Waals surface area contributed by atoms with Gasteiger partial charge in [0.2, 0.25) is 0 Å². The number of hydrogen-bond donors (Lipinski definition) is 6. The van der Waals surface area contributed by atoms with E-state index in [1.807, 2.05) is 0 Å². The van der Waals surface area contributed by atoms with Crippen molar-refractivity contribution in [3.8, 4) is 12.3 Å². The van der Waals surface area contributed by atoms with Crippen LogP contribution in [0.5, 0.6) is 0 Å². The van der Waals surface area contributed by atoms with E-state index in [2.05, 4.69) is 44.7 Å². The Labute approximate surface area is 192 Å². The summed E-state index contributed by atoms with van der Waals surface area (Å²) in [5.74, 6) is 2.76. The molecule has 3 aliphatic heterocycles. The number of nitrogens with one attached hydrogen (secondary N) is 6. The highest BCUT2D eigenvalue weighted by Gasteiger charge is 2.30. The monoisotopic (exact) mass is 434 g/mol. The molecule has 0 aromatic heterocycles. The molecule has 6 N–H and O–H groups in total. The maximum Gasteiger partial charge on any atom is 0.00860 e. The van der Waals surface area contributed by atoms with Crippen molar-refractivity contribution >= 4 is 0 Å². The topological polar surface area (TPSA) is 72.2 Å². The van der Waals surface area contributed by atoms with Crippen LogP contribution in [0, 0.1) is 23.2 Å². The Bertz CT molecular complexity index is 445. The summed E-state index contributed by atoms with van der Waals surface area (Å²) in [6.45, 7) is 15.0. The lowest BCUT2D eigenvalue weighted by molar-refractivity contribution is 0.203. The molecule has 3 heterocycles. The molecule has 3 saturated heterocycles. The van der Waals surface area contributed by atoms with Gasteiger partial charge < -0.3 is 31.9 Å². The van der Waals surface area contributed by atoms with Crippen molar-refractivity contribution in [3.63, 3.8) is 0 Å². The van der Waals surface area contributed by atoms with Gasteiger partial charge in [-0.3, -0.25) is 0 Å². The Morgan fingerprint density at radius 3 is 1.39 bits per heavy atom. The second kappa shape index (κ2) is 16.0. The van der Waals surface area contributed by atoms with Crippen LogP contribution in [0.2, 0.25) is 0 Å². The van der Waals surface area contributed by atoms with E-state index in [0.29, 0.717) is 0 Å². The fourth-order valence-electron chi connectivity index (χ4n) is 4.92. The summed E-state index contributed by atoms with van der Waals surface area (Å²) >= 11 is 0. The van der Waals surface area contributed by atoms with Crippen LogP contribution in [0.15, 0.2) is 0 Å². The molecule has 180 valence electrons. The predicted octanol–water partition coefficient (Wildman–Crippen LogP) is 1.30. The Kier molecular flexibility index (Phi) is 13.7. The Morgan fingerprint density at radius 2 is 0.968 bits per heavy atom. The van der Waals surface area contributed by atoms with Crippen LogP contribution in [-0.4, -0.2) is 78.5 Å². The van der Waals surface area contributed by atoms with Crippen molar-refractivity contribution in [3.05, 3.63) is 0 Å². The third-order valence-electron chi connectivity index (χ3n) is 7.21. The number of hydrogen-bond acceptors (Lipinski definition) is 6. The molecule has 3 rings (SSSR count). The average Bonchev–Trinajstić information content (AvgIpc) is 2.79. The fourth-order valence-corrected chi connectivity index (χ4v) is 4.92. The van der Waals surface area contributed by atoms with Gasteiger partial charge >= 0.3 is 0 Å². The van der Waals surface area contributed by atoms with Crippen LogP contribution in [-0.2, 0) is 0 Å². The van der Waals surface area contributed by atoms with Crippen LogP contribution >= 0.6 is 0 Å². The highest BCUT2D eigenvalue weighted by molar-refractivity contribution is 4.90. The van der Waals surface area contributed by atoms with Crippen LogP contribution in [0.25, 0.3) is 0 Å². The Hall–Kier alpha value is -0.680. The molecule has 0 amide bonds. The van der Waals surface area contributed by atoms with E-state index in [1.54, 1.807) is 0 Å². The maximum absolute atomic E-state index is 5.37. The molecular weight excluding hydrogens is 384 g/mol. The molecule has 0 aromatic carbocycles. The fraction of sp³-hybridized carbons (Fsp3) is 0.920. The molecule has 6 heteroatoms. The van der Waals surface area contributed by atoms with Crippen LogP contribution < -0.4 is 31.9 Å². The lowest BCUT2D eigenvalue weighted by Gasteiger charge is -2.38. The van der Waals surface area contributed by atoms with Gasteiger partial charge in [0.1, 0.15) is 0 Å². The second-order valence-electron chi connectivity index (χ2n) is 9.89. The second-order valence-corrected chi connectivity index (χ2v) is 9.89. The van der Waals surface area contributed by atoms with Crippen molar-refractivity contribution < 1.29 is 0 Å². The van der Waals surface area contributed by atoms with Crippen molar-refractivity contribution in [2.24, 2.45) is 10.8 Å². The van der Waals surface area contributed by atoms with E-state index in [4.69, 9.17) is 6.42 Å². The molecule has 0 radical (unpaired) electrons. The first-order valence-corrected chi connectivity index (χ1v) is 12.9. The van der Waals surface area contributed by atoms with Crippen molar-refractivity contribution in [2.45, 2.75) is 58.3 Å². The zero-order chi connectivity index (χ0) is 22.1. The molecule has 3 fully saturated rings. The van der Waals surface area contributed by atoms with E-state index >= 15 is 0 Å². The predicted molar refractivity (Wildman–Crippen MR) is 134 cm³/mol. The molecule has 6 nitrogen and oxygen atoms in total. The van der Waals surface area contributed by atoms with E-state index in [1.165, 1.54) is 44.9 Å². The van der Waals surface area contributed by atoms with Gasteiger partial charge in [-0.2, -0.15) is 0 Å². The Balaban J connectivity index is 1.97. The first-order chi connectivity index (χ1) is 15.2. The van der Waals surface area contributed by atoms with Gasteiger partial charge in [0.15, 0.2) is 0 Å². The number of terminal acetylenes is 1. The van der Waals surface area contributed by atoms with Crippen LogP contribution in [0.1, 0.15) is 58.3 Å². The van der Waals surface area contributed by atoms with Crippen molar-refractivity contribution in [2.75, 3.05) is 78.5 Å². The molecule has 0 aliphatic carbocycles. The van der Waals surface area contributed by atoms with Crippen LogP contribution in [0.4, 0.5) is 0 Å². The van der Waals surface area contributed by atoms with Gasteiger partial charge in [0.05, 0.1) is 0 Å². The third kappa shape index (κ3) is 10.7. The van der Waals surface area contributed by atoms with Crippen molar-refractivity contribution in [1.82, 2.24) is 31.9 Å². The van der Waals surface area contributed by atoms with E-state index < -0.39 is 0 Å². The summed E-state index contributed by atoms with van der Waals surface area (Å²) in [6.07, 6.45) is 15.1. The molecule has 31 heavy (non-hydrogen) atoms. The number of rotatable bonds is 8. The van der Waals surface area contributed by atoms with Gasteiger partial charge in [0, 0.05) is 95.8 Å². The molecule has 3 aliphatic rings. The zero-order valence-electron chi connectivity index (χ0n) is 20.2. The van der Waals surface area contributed by atoms with E-state index in [-0.39, 0.29) is 10.8 Å². The molecule has 0 unspecified atom stereocenters. The summed E-state index contributed by atoms with van der Waals surface area (Å²) in [7, 11) is 0. The minimum absolute atomic E-state index is 0.264. The van der Waals surface area contributed by atoms with Crippen molar-refractivity contribution in [1.29, 1.82) is 0 Å². The third-order valence-corrected chi connectivity index (χ3v) is 7.21. The van der Waals surface area contributed by atoms with Gasteiger partial charge in [-0.25, -0.2) is 0 Å². The lowest BCUT2D eigenvalue weighted by Crippen LogP contribution is -2.54. The zero-order valence-corrected chi connectivity index (χ0v) is 20.2. The first kappa shape index (κ1) is 26.6. The lowest BCUT2D eigenvalue weighted by atomic mass is 9.81. The van der Waals surface area contributed by atoms with Gasteiger partial charge in [-0.15, -0.1) is 12.3 Å². The highest BCUT2D eigenvalue weighted by atomic mass is 15.0. The average molecular weight is 435 g/mol. The summed E-state index contributed by atoms with van der Waals surface area (Å²) in [4.78, 5) is 0. The quantitative estimate of drug-likeness (QED) is 0.256. The summed E-state index contributed by atoms with van der Waals surface area (Å²) in [5.41, 5.74) is 0.540. The minimum Gasteiger partial charge on any atom is -0.315 e. The standard InChI is InChI=1S/C25H50N6/c1-3-5-6-7-8-9-10-11-25-21-29-15-12-26-18-24(4-2,19-27-13-16-30-22-25)20-28-14-17-31-23-25/h1,26-31H,4-23H2,2H3. The largest absolute Gasteiger partial charge is 0.315 e. The molecule has 0 atom stereocenters. The molecular formula is C25H50N6. The van der Waals surface area contributed by atoms with E-state index in [0.717, 1.165) is 85.0 Å². The normalized spacial score (nSPS) is 29.7. The summed E-state index contributed by atoms with van der Waals surface area (Å²) in [6, 6.07) is 0. The molecule has 0 aromatic rings. The molecule has 0 spiro atoms. The Morgan fingerprint density at radius 1 is 0.581 bits per heavy atom. The van der Waals surface area contributed by atoms with Crippen LogP contribution in [0.3, 0.4) is 0 Å². The number of fused-ring (bicyclic) bond motifs is 15. The molecule has 0 saturated carbocycles. The SMILES string of the molecule is C#CCCCCCCCC12CNCCNCC(CC)(CNCCNC1)CNCCNC2. The summed E-state index contributed by atoms with van der Waals surface area (Å²) < 4.78 is 0. The smallest absolute Gasteiger partial charge is 0.00860 e. The minimum atomic E-state index is 0.264. The summed E-state index contributed by atoms with van der Waals surface area (Å²) in [5, 5.41) is 22.6. The van der Waals surface area contributed by atoms with Gasteiger partial charge in [-0.1, -0.05) is 32.6 Å².